The van der Waals surface area contributed by atoms with Crippen molar-refractivity contribution in [2.24, 2.45) is 0 Å². The maximum atomic E-state index is 12.7. The second-order valence-electron chi connectivity index (χ2n) is 7.36. The molecule has 0 saturated carbocycles. The lowest BCUT2D eigenvalue weighted by Gasteiger charge is -2.20. The first-order chi connectivity index (χ1) is 13.7. The minimum atomic E-state index is -0.641. The second-order valence-corrected chi connectivity index (χ2v) is 7.80. The predicted octanol–water partition coefficient (Wildman–Crippen LogP) is 4.17. The third-order valence-corrected chi connectivity index (χ3v) is 4.23. The van der Waals surface area contributed by atoms with Crippen LogP contribution in [0.25, 0.3) is 22.5 Å². The lowest BCUT2D eigenvalue weighted by Crippen LogP contribution is -2.30. The van der Waals surface area contributed by atoms with Crippen LogP contribution in [0.3, 0.4) is 0 Å². The van der Waals surface area contributed by atoms with Gasteiger partial charge in [-0.2, -0.15) is 0 Å². The van der Waals surface area contributed by atoms with Gasteiger partial charge in [0.1, 0.15) is 17.9 Å². The summed E-state index contributed by atoms with van der Waals surface area (Å²) in [4.78, 5) is 28.8. The molecular formula is C21H21ClN2O5. The van der Waals surface area contributed by atoms with Crippen molar-refractivity contribution in [1.82, 2.24) is 9.55 Å². The molecule has 0 bridgehead atoms. The van der Waals surface area contributed by atoms with Crippen molar-refractivity contribution < 1.29 is 18.7 Å². The number of esters is 1. The standard InChI is InChI=1S/C21H21ClN2O5/c1-21(2,3)29-20(26)11-24-10-18(27-4)16(8-19(24)25)15-7-13(22)5-6-14(15)17-9-23-12-28-17/h5-10,12H,11H2,1-4H3. The van der Waals surface area contributed by atoms with E-state index >= 15 is 0 Å². The lowest BCUT2D eigenvalue weighted by molar-refractivity contribution is -0.155. The first-order valence-electron chi connectivity index (χ1n) is 8.87. The number of ether oxygens (including phenoxy) is 2. The third-order valence-electron chi connectivity index (χ3n) is 4.00. The quantitative estimate of drug-likeness (QED) is 0.580. The fourth-order valence-corrected chi connectivity index (χ4v) is 3.04. The highest BCUT2D eigenvalue weighted by molar-refractivity contribution is 6.31. The highest BCUT2D eigenvalue weighted by Gasteiger charge is 2.20. The number of benzene rings is 1. The van der Waals surface area contributed by atoms with Crippen LogP contribution >= 0.6 is 11.6 Å². The van der Waals surface area contributed by atoms with E-state index in [1.54, 1.807) is 45.2 Å². The molecule has 7 nitrogen and oxygen atoms in total. The number of rotatable bonds is 5. The van der Waals surface area contributed by atoms with Gasteiger partial charge in [-0.3, -0.25) is 9.59 Å². The first kappa shape index (κ1) is 20.7. The largest absolute Gasteiger partial charge is 0.495 e. The minimum Gasteiger partial charge on any atom is -0.495 e. The van der Waals surface area contributed by atoms with Gasteiger partial charge in [0.2, 0.25) is 0 Å². The van der Waals surface area contributed by atoms with Gasteiger partial charge in [0.25, 0.3) is 5.56 Å². The number of pyridine rings is 1. The van der Waals surface area contributed by atoms with E-state index in [1.165, 1.54) is 30.3 Å². The Balaban J connectivity index is 2.07. The van der Waals surface area contributed by atoms with Crippen LogP contribution in [0.4, 0.5) is 0 Å². The smallest absolute Gasteiger partial charge is 0.326 e. The maximum Gasteiger partial charge on any atom is 0.326 e. The molecule has 0 spiro atoms. The van der Waals surface area contributed by atoms with Crippen LogP contribution in [0.15, 0.2) is 52.3 Å². The molecule has 152 valence electrons. The fourth-order valence-electron chi connectivity index (χ4n) is 2.86. The molecule has 0 fully saturated rings. The Labute approximate surface area is 172 Å². The monoisotopic (exact) mass is 416 g/mol. The third kappa shape index (κ3) is 4.86. The summed E-state index contributed by atoms with van der Waals surface area (Å²) < 4.78 is 17.4. The summed E-state index contributed by atoms with van der Waals surface area (Å²) in [5, 5.41) is 0.489. The van der Waals surface area contributed by atoms with Gasteiger partial charge >= 0.3 is 5.97 Å². The number of carbonyl (C=O) groups is 1. The van der Waals surface area contributed by atoms with Crippen molar-refractivity contribution in [2.75, 3.05) is 7.11 Å². The van der Waals surface area contributed by atoms with Crippen LogP contribution in [0.5, 0.6) is 5.75 Å². The van der Waals surface area contributed by atoms with Gasteiger partial charge in [0.05, 0.1) is 19.5 Å². The summed E-state index contributed by atoms with van der Waals surface area (Å²) in [7, 11) is 1.49. The Kier molecular flexibility index (Phi) is 5.79. The number of carbonyl (C=O) groups excluding carboxylic acids is 1. The molecule has 2 heterocycles. The molecule has 1 aromatic carbocycles. The molecule has 0 atom stereocenters. The Bertz CT molecular complexity index is 1080. The van der Waals surface area contributed by atoms with Crippen LogP contribution < -0.4 is 10.3 Å². The molecule has 0 aliphatic heterocycles. The number of aromatic nitrogens is 2. The number of methoxy groups -OCH3 is 1. The molecule has 0 amide bonds. The molecule has 0 aliphatic rings. The summed E-state index contributed by atoms with van der Waals surface area (Å²) in [5.74, 6) is 0.410. The summed E-state index contributed by atoms with van der Waals surface area (Å²) in [6.07, 6.45) is 4.37. The summed E-state index contributed by atoms with van der Waals surface area (Å²) in [5.41, 5.74) is 0.849. The van der Waals surface area contributed by atoms with E-state index in [0.29, 0.717) is 33.2 Å². The van der Waals surface area contributed by atoms with Crippen LogP contribution in [-0.4, -0.2) is 28.2 Å². The normalized spacial score (nSPS) is 11.3. The van der Waals surface area contributed by atoms with E-state index in [-0.39, 0.29) is 12.1 Å². The van der Waals surface area contributed by atoms with Gasteiger partial charge in [-0.25, -0.2) is 4.98 Å². The van der Waals surface area contributed by atoms with Gasteiger partial charge in [0, 0.05) is 22.2 Å². The molecule has 0 N–H and O–H groups in total. The molecule has 2 aromatic heterocycles. The molecule has 3 rings (SSSR count). The summed E-state index contributed by atoms with van der Waals surface area (Å²) in [6, 6.07) is 6.62. The van der Waals surface area contributed by atoms with Gasteiger partial charge in [-0.1, -0.05) is 11.6 Å². The van der Waals surface area contributed by atoms with E-state index in [2.05, 4.69) is 4.98 Å². The van der Waals surface area contributed by atoms with Gasteiger partial charge in [-0.15, -0.1) is 0 Å². The fraction of sp³-hybridized carbons (Fsp3) is 0.286. The molecule has 0 saturated heterocycles. The van der Waals surface area contributed by atoms with Crippen LogP contribution in [0.1, 0.15) is 20.8 Å². The van der Waals surface area contributed by atoms with Gasteiger partial charge in [0.15, 0.2) is 12.2 Å². The zero-order valence-corrected chi connectivity index (χ0v) is 17.3. The van der Waals surface area contributed by atoms with Crippen molar-refractivity contribution in [3.8, 4) is 28.2 Å². The van der Waals surface area contributed by atoms with E-state index in [4.69, 9.17) is 25.5 Å². The molecule has 8 heteroatoms. The minimum absolute atomic E-state index is 0.225. The van der Waals surface area contributed by atoms with Crippen molar-refractivity contribution >= 4 is 17.6 Å². The Morgan fingerprint density at radius 1 is 1.21 bits per heavy atom. The second kappa shape index (κ2) is 8.13. The number of hydrogen-bond acceptors (Lipinski definition) is 6. The van der Waals surface area contributed by atoms with Crippen molar-refractivity contribution in [3.63, 3.8) is 0 Å². The number of oxazole rings is 1. The Morgan fingerprint density at radius 3 is 2.59 bits per heavy atom. The number of nitrogens with zero attached hydrogens (tertiary/aromatic N) is 2. The molecule has 0 radical (unpaired) electrons. The Hall–Kier alpha value is -3.06. The van der Waals surface area contributed by atoms with E-state index in [9.17, 15) is 9.59 Å². The molecule has 3 aromatic rings. The molecule has 29 heavy (non-hydrogen) atoms. The average Bonchev–Trinajstić information content (AvgIpc) is 3.16. The SMILES string of the molecule is COc1cn(CC(=O)OC(C)(C)C)c(=O)cc1-c1cc(Cl)ccc1-c1cnco1. The first-order valence-corrected chi connectivity index (χ1v) is 9.25. The van der Waals surface area contributed by atoms with Gasteiger partial charge < -0.3 is 18.5 Å². The average molecular weight is 417 g/mol. The van der Waals surface area contributed by atoms with E-state index in [1.807, 2.05) is 0 Å². The predicted molar refractivity (Wildman–Crippen MR) is 109 cm³/mol. The van der Waals surface area contributed by atoms with Crippen molar-refractivity contribution in [2.45, 2.75) is 32.9 Å². The van der Waals surface area contributed by atoms with Crippen molar-refractivity contribution in [3.05, 3.63) is 58.4 Å². The number of halogens is 1. The van der Waals surface area contributed by atoms with Crippen molar-refractivity contribution in [1.29, 1.82) is 0 Å². The Morgan fingerprint density at radius 2 is 1.97 bits per heavy atom. The summed E-state index contributed by atoms with van der Waals surface area (Å²) in [6.45, 7) is 5.07. The van der Waals surface area contributed by atoms with Crippen LogP contribution in [0.2, 0.25) is 5.02 Å². The van der Waals surface area contributed by atoms with Crippen LogP contribution in [-0.2, 0) is 16.1 Å². The lowest BCUT2D eigenvalue weighted by atomic mass is 9.98. The highest BCUT2D eigenvalue weighted by Crippen LogP contribution is 2.38. The van der Waals surface area contributed by atoms with E-state index in [0.717, 1.165) is 0 Å². The van der Waals surface area contributed by atoms with Gasteiger partial charge in [-0.05, 0) is 44.5 Å². The van der Waals surface area contributed by atoms with Crippen LogP contribution in [0, 0.1) is 0 Å². The molecule has 0 unspecified atom stereocenters. The molecule has 0 aliphatic carbocycles. The summed E-state index contributed by atoms with van der Waals surface area (Å²) >= 11 is 6.19. The zero-order chi connectivity index (χ0) is 21.2. The van der Waals surface area contributed by atoms with E-state index < -0.39 is 11.6 Å². The topological polar surface area (TPSA) is 83.6 Å². The maximum absolute atomic E-state index is 12.7. The number of hydrogen-bond donors (Lipinski definition) is 0. The highest BCUT2D eigenvalue weighted by atomic mass is 35.5. The zero-order valence-electron chi connectivity index (χ0n) is 16.6. The molecular weight excluding hydrogens is 396 g/mol.